The first kappa shape index (κ1) is 14.7. The van der Waals surface area contributed by atoms with Gasteiger partial charge < -0.3 is 10.1 Å². The van der Waals surface area contributed by atoms with Crippen LogP contribution in [0.15, 0.2) is 39.3 Å². The van der Waals surface area contributed by atoms with Crippen molar-refractivity contribution in [2.75, 3.05) is 19.7 Å². The smallest absolute Gasteiger partial charge is 0.134 e. The van der Waals surface area contributed by atoms with Gasteiger partial charge in [0.15, 0.2) is 0 Å². The van der Waals surface area contributed by atoms with Crippen molar-refractivity contribution in [2.45, 2.75) is 13.3 Å². The first-order valence-electron chi connectivity index (χ1n) is 5.58. The molecule has 0 aliphatic carbocycles. The zero-order valence-electron chi connectivity index (χ0n) is 9.93. The highest BCUT2D eigenvalue weighted by molar-refractivity contribution is 9.11. The highest BCUT2D eigenvalue weighted by atomic mass is 79.9. The fraction of sp³-hybridized carbons (Fsp3) is 0.385. The first-order chi connectivity index (χ1) is 8.13. The number of nitrogens with one attached hydrogen (secondary N) is 1. The van der Waals surface area contributed by atoms with Gasteiger partial charge in [0.2, 0.25) is 0 Å². The molecule has 1 aromatic rings. The third-order valence-corrected chi connectivity index (χ3v) is 3.24. The van der Waals surface area contributed by atoms with Crippen LogP contribution in [0, 0.1) is 0 Å². The molecule has 0 unspecified atom stereocenters. The van der Waals surface area contributed by atoms with Crippen molar-refractivity contribution >= 4 is 31.9 Å². The van der Waals surface area contributed by atoms with E-state index in [1.54, 1.807) is 0 Å². The molecule has 0 spiro atoms. The molecule has 0 saturated carbocycles. The monoisotopic (exact) mass is 361 g/mol. The molecule has 2 nitrogen and oxygen atoms in total. The van der Waals surface area contributed by atoms with Crippen molar-refractivity contribution < 1.29 is 4.74 Å². The van der Waals surface area contributed by atoms with Gasteiger partial charge in [0.05, 0.1) is 4.47 Å². The molecule has 0 heterocycles. The van der Waals surface area contributed by atoms with Crippen molar-refractivity contribution in [3.8, 4) is 5.75 Å². The van der Waals surface area contributed by atoms with Gasteiger partial charge in [0, 0.05) is 11.0 Å². The Morgan fingerprint density at radius 2 is 2.18 bits per heavy atom. The summed E-state index contributed by atoms with van der Waals surface area (Å²) >= 11 is 6.87. The second-order valence-electron chi connectivity index (χ2n) is 3.79. The summed E-state index contributed by atoms with van der Waals surface area (Å²) in [6.07, 6.45) is 1.13. The van der Waals surface area contributed by atoms with Crippen molar-refractivity contribution in [1.82, 2.24) is 5.32 Å². The van der Waals surface area contributed by atoms with Crippen molar-refractivity contribution in [3.05, 3.63) is 39.3 Å². The summed E-state index contributed by atoms with van der Waals surface area (Å²) in [7, 11) is 0. The van der Waals surface area contributed by atoms with E-state index in [-0.39, 0.29) is 0 Å². The zero-order valence-corrected chi connectivity index (χ0v) is 13.1. The van der Waals surface area contributed by atoms with E-state index in [2.05, 4.69) is 50.7 Å². The lowest BCUT2D eigenvalue weighted by atomic mass is 10.3. The van der Waals surface area contributed by atoms with Crippen molar-refractivity contribution in [3.63, 3.8) is 0 Å². The molecule has 0 aromatic heterocycles. The van der Waals surface area contributed by atoms with Gasteiger partial charge in [-0.1, -0.05) is 29.4 Å². The average Bonchev–Trinajstić information content (AvgIpc) is 2.28. The molecule has 0 atom stereocenters. The molecule has 0 radical (unpaired) electrons. The fourth-order valence-electron chi connectivity index (χ4n) is 1.27. The van der Waals surface area contributed by atoms with E-state index in [1.807, 2.05) is 18.2 Å². The van der Waals surface area contributed by atoms with Crippen LogP contribution in [0.5, 0.6) is 5.75 Å². The fourth-order valence-corrected chi connectivity index (χ4v) is 2.43. The van der Waals surface area contributed by atoms with Crippen LogP contribution < -0.4 is 10.1 Å². The Labute approximate surface area is 120 Å². The summed E-state index contributed by atoms with van der Waals surface area (Å²) in [6.45, 7) is 8.48. The Morgan fingerprint density at radius 3 is 2.82 bits per heavy atom. The highest BCUT2D eigenvalue weighted by Gasteiger charge is 2.02. The summed E-state index contributed by atoms with van der Waals surface area (Å²) < 4.78 is 7.65. The Morgan fingerprint density at radius 1 is 1.41 bits per heavy atom. The molecule has 1 N–H and O–H groups in total. The zero-order chi connectivity index (χ0) is 12.7. The average molecular weight is 363 g/mol. The summed E-state index contributed by atoms with van der Waals surface area (Å²) in [5.41, 5.74) is 1.05. The van der Waals surface area contributed by atoms with E-state index in [0.29, 0.717) is 6.61 Å². The van der Waals surface area contributed by atoms with E-state index >= 15 is 0 Å². The molecular weight excluding hydrogens is 346 g/mol. The Hall–Kier alpha value is -0.320. The predicted octanol–water partition coefficient (Wildman–Crippen LogP) is 4.15. The van der Waals surface area contributed by atoms with Crippen LogP contribution in [0.3, 0.4) is 0 Å². The van der Waals surface area contributed by atoms with Crippen molar-refractivity contribution in [2.24, 2.45) is 0 Å². The molecule has 1 aromatic carbocycles. The van der Waals surface area contributed by atoms with Crippen molar-refractivity contribution in [1.29, 1.82) is 0 Å². The number of hydrogen-bond donors (Lipinski definition) is 1. The van der Waals surface area contributed by atoms with E-state index in [1.165, 1.54) is 0 Å². The summed E-state index contributed by atoms with van der Waals surface area (Å²) in [5.74, 6) is 0.838. The number of benzene rings is 1. The van der Waals surface area contributed by atoms with Gasteiger partial charge in [-0.05, 0) is 52.7 Å². The molecule has 0 aliphatic rings. The molecule has 94 valence electrons. The second kappa shape index (κ2) is 7.90. The van der Waals surface area contributed by atoms with Gasteiger partial charge in [-0.2, -0.15) is 0 Å². The van der Waals surface area contributed by atoms with Crippen LogP contribution >= 0.6 is 31.9 Å². The van der Waals surface area contributed by atoms with Gasteiger partial charge in [-0.15, -0.1) is 0 Å². The maximum absolute atomic E-state index is 5.68. The van der Waals surface area contributed by atoms with Crippen LogP contribution in [0.25, 0.3) is 0 Å². The normalized spacial score (nSPS) is 10.3. The van der Waals surface area contributed by atoms with Gasteiger partial charge in [-0.25, -0.2) is 0 Å². The van der Waals surface area contributed by atoms with Crippen LogP contribution in [0.2, 0.25) is 0 Å². The minimum atomic E-state index is 0.539. The van der Waals surface area contributed by atoms with E-state index < -0.39 is 0 Å². The second-order valence-corrected chi connectivity index (χ2v) is 5.56. The molecule has 17 heavy (non-hydrogen) atoms. The van der Waals surface area contributed by atoms with E-state index in [4.69, 9.17) is 4.74 Å². The molecule has 0 amide bonds. The van der Waals surface area contributed by atoms with Crippen LogP contribution in [0.1, 0.15) is 13.3 Å². The van der Waals surface area contributed by atoms with Crippen LogP contribution in [-0.4, -0.2) is 19.7 Å². The quantitative estimate of drug-likeness (QED) is 0.581. The van der Waals surface area contributed by atoms with Gasteiger partial charge in [0.25, 0.3) is 0 Å². The molecule has 0 fully saturated rings. The van der Waals surface area contributed by atoms with E-state index in [0.717, 1.165) is 39.8 Å². The number of hydrogen-bond acceptors (Lipinski definition) is 2. The number of ether oxygens (including phenoxy) is 1. The third kappa shape index (κ3) is 5.70. The lowest BCUT2D eigenvalue weighted by Crippen LogP contribution is -2.20. The first-order valence-corrected chi connectivity index (χ1v) is 7.17. The molecule has 4 heteroatoms. The Bertz CT molecular complexity index is 380. The van der Waals surface area contributed by atoms with Gasteiger partial charge >= 0.3 is 0 Å². The molecule has 0 saturated heterocycles. The molecule has 0 aliphatic heterocycles. The van der Waals surface area contributed by atoms with Gasteiger partial charge in [-0.3, -0.25) is 0 Å². The minimum Gasteiger partial charge on any atom is -0.488 e. The maximum atomic E-state index is 5.68. The summed E-state index contributed by atoms with van der Waals surface area (Å²) in [5, 5.41) is 3.30. The summed E-state index contributed by atoms with van der Waals surface area (Å²) in [4.78, 5) is 0. The summed E-state index contributed by atoms with van der Waals surface area (Å²) in [6, 6.07) is 5.85. The predicted molar refractivity (Wildman–Crippen MR) is 79.6 cm³/mol. The molecule has 0 bridgehead atoms. The molecular formula is C13H17Br2NO. The van der Waals surface area contributed by atoms with Crippen LogP contribution in [-0.2, 0) is 0 Å². The SMILES string of the molecule is C=C(CNCCC)COc1ccc(Br)cc1Br. The Balaban J connectivity index is 2.37. The lowest BCUT2D eigenvalue weighted by Gasteiger charge is -2.11. The number of rotatable bonds is 7. The highest BCUT2D eigenvalue weighted by Crippen LogP contribution is 2.28. The Kier molecular flexibility index (Phi) is 6.85. The van der Waals surface area contributed by atoms with E-state index in [9.17, 15) is 0 Å². The van der Waals surface area contributed by atoms with Gasteiger partial charge in [0.1, 0.15) is 12.4 Å². The molecule has 1 rings (SSSR count). The third-order valence-electron chi connectivity index (χ3n) is 2.13. The maximum Gasteiger partial charge on any atom is 0.134 e. The van der Waals surface area contributed by atoms with Crippen LogP contribution in [0.4, 0.5) is 0 Å². The standard InChI is InChI=1S/C13H17Br2NO/c1-3-6-16-8-10(2)9-17-13-5-4-11(14)7-12(13)15/h4-5,7,16H,2-3,6,8-9H2,1H3. The number of halogens is 2. The largest absolute Gasteiger partial charge is 0.488 e. The minimum absolute atomic E-state index is 0.539. The topological polar surface area (TPSA) is 21.3 Å². The lowest BCUT2D eigenvalue weighted by molar-refractivity contribution is 0.346.